The number of H-pyrrole nitrogens is 1. The number of aryl methyl sites for hydroxylation is 2. The number of benzene rings is 1. The Labute approximate surface area is 101 Å². The number of fused-ring (bicyclic) bond motifs is 1. The van der Waals surface area contributed by atoms with Crippen molar-refractivity contribution in [3.63, 3.8) is 0 Å². The van der Waals surface area contributed by atoms with Gasteiger partial charge in [-0.15, -0.1) is 0 Å². The molecule has 2 aromatic rings. The Balaban J connectivity index is 1.90. The first-order valence-corrected chi connectivity index (χ1v) is 6.30. The van der Waals surface area contributed by atoms with Crippen molar-refractivity contribution < 1.29 is 4.74 Å². The molecule has 90 valence electrons. The minimum absolute atomic E-state index is 0.359. The zero-order valence-corrected chi connectivity index (χ0v) is 10.4. The molecule has 0 bridgehead atoms. The molecule has 0 radical (unpaired) electrons. The van der Waals surface area contributed by atoms with Crippen molar-refractivity contribution in [3.05, 3.63) is 29.1 Å². The molecule has 1 atom stereocenters. The molecule has 1 aromatic carbocycles. The molecule has 1 aliphatic rings. The predicted octanol–water partition coefficient (Wildman–Crippen LogP) is 2.90. The van der Waals surface area contributed by atoms with Crippen LogP contribution in [0.2, 0.25) is 0 Å². The van der Waals surface area contributed by atoms with Gasteiger partial charge in [0, 0.05) is 13.0 Å². The van der Waals surface area contributed by atoms with E-state index in [0.717, 1.165) is 36.3 Å². The topological polar surface area (TPSA) is 37.9 Å². The molecule has 0 spiro atoms. The number of nitrogens with zero attached hydrogens (tertiary/aromatic N) is 1. The lowest BCUT2D eigenvalue weighted by atomic mass is 10.1. The van der Waals surface area contributed by atoms with E-state index in [1.807, 2.05) is 0 Å². The highest BCUT2D eigenvalue weighted by Crippen LogP contribution is 2.20. The van der Waals surface area contributed by atoms with Crippen LogP contribution >= 0.6 is 0 Å². The summed E-state index contributed by atoms with van der Waals surface area (Å²) in [6.45, 7) is 5.17. The second-order valence-electron chi connectivity index (χ2n) is 4.98. The third kappa shape index (κ3) is 2.07. The van der Waals surface area contributed by atoms with Crippen molar-refractivity contribution in [2.75, 3.05) is 6.61 Å². The van der Waals surface area contributed by atoms with Gasteiger partial charge in [0.25, 0.3) is 0 Å². The highest BCUT2D eigenvalue weighted by molar-refractivity contribution is 5.77. The minimum Gasteiger partial charge on any atom is -0.378 e. The summed E-state index contributed by atoms with van der Waals surface area (Å²) in [5, 5.41) is 0. The van der Waals surface area contributed by atoms with Crippen LogP contribution in [0.1, 0.15) is 29.8 Å². The summed E-state index contributed by atoms with van der Waals surface area (Å²) in [5.74, 6) is 1.05. The average molecular weight is 230 g/mol. The molecule has 2 heterocycles. The van der Waals surface area contributed by atoms with Gasteiger partial charge < -0.3 is 9.72 Å². The summed E-state index contributed by atoms with van der Waals surface area (Å²) >= 11 is 0. The van der Waals surface area contributed by atoms with Crippen molar-refractivity contribution in [2.45, 2.75) is 39.2 Å². The van der Waals surface area contributed by atoms with Crippen LogP contribution in [-0.4, -0.2) is 22.7 Å². The molecule has 3 nitrogen and oxygen atoms in total. The van der Waals surface area contributed by atoms with Crippen LogP contribution in [0.3, 0.4) is 0 Å². The van der Waals surface area contributed by atoms with E-state index in [4.69, 9.17) is 4.74 Å². The zero-order chi connectivity index (χ0) is 11.8. The predicted molar refractivity (Wildman–Crippen MR) is 68.2 cm³/mol. The Morgan fingerprint density at radius 3 is 2.94 bits per heavy atom. The molecule has 17 heavy (non-hydrogen) atoms. The quantitative estimate of drug-likeness (QED) is 0.861. The Bertz CT molecular complexity index is 499. The van der Waals surface area contributed by atoms with Crippen LogP contribution in [0, 0.1) is 13.8 Å². The number of hydrogen-bond acceptors (Lipinski definition) is 2. The summed E-state index contributed by atoms with van der Waals surface area (Å²) in [4.78, 5) is 8.04. The zero-order valence-electron chi connectivity index (χ0n) is 10.4. The number of imidazole rings is 1. The van der Waals surface area contributed by atoms with E-state index in [0.29, 0.717) is 6.10 Å². The van der Waals surface area contributed by atoms with Crippen molar-refractivity contribution in [1.29, 1.82) is 0 Å². The molecule has 0 amide bonds. The van der Waals surface area contributed by atoms with Gasteiger partial charge in [-0.1, -0.05) is 0 Å². The first-order chi connectivity index (χ1) is 8.22. The van der Waals surface area contributed by atoms with E-state index in [9.17, 15) is 0 Å². The van der Waals surface area contributed by atoms with Gasteiger partial charge >= 0.3 is 0 Å². The summed E-state index contributed by atoms with van der Waals surface area (Å²) < 4.78 is 5.64. The molecule has 3 rings (SSSR count). The average Bonchev–Trinajstić information content (AvgIpc) is 2.89. The Morgan fingerprint density at radius 1 is 1.35 bits per heavy atom. The highest BCUT2D eigenvalue weighted by atomic mass is 16.5. The van der Waals surface area contributed by atoms with E-state index < -0.39 is 0 Å². The molecule has 0 saturated carbocycles. The number of hydrogen-bond donors (Lipinski definition) is 1. The van der Waals surface area contributed by atoms with Crippen molar-refractivity contribution >= 4 is 11.0 Å². The van der Waals surface area contributed by atoms with Gasteiger partial charge in [0.15, 0.2) is 0 Å². The Morgan fingerprint density at radius 2 is 2.18 bits per heavy atom. The highest BCUT2D eigenvalue weighted by Gasteiger charge is 2.17. The molecule has 1 aliphatic heterocycles. The van der Waals surface area contributed by atoms with Gasteiger partial charge in [-0.2, -0.15) is 0 Å². The summed E-state index contributed by atoms with van der Waals surface area (Å²) in [5.41, 5.74) is 4.82. The molecular weight excluding hydrogens is 212 g/mol. The maximum atomic E-state index is 5.64. The number of rotatable bonds is 2. The van der Waals surface area contributed by atoms with Crippen molar-refractivity contribution in [3.8, 4) is 0 Å². The standard InChI is InChI=1S/C14H18N2O/c1-9-6-12-13(7-10(9)2)16-14(15-12)8-11-4-3-5-17-11/h6-7,11H,3-5,8H2,1-2H3,(H,15,16). The first-order valence-electron chi connectivity index (χ1n) is 6.30. The minimum atomic E-state index is 0.359. The van der Waals surface area contributed by atoms with E-state index >= 15 is 0 Å². The molecule has 1 saturated heterocycles. The lowest BCUT2D eigenvalue weighted by Crippen LogP contribution is -2.09. The SMILES string of the molecule is Cc1cc2nc(CC3CCCO3)[nH]c2cc1C. The summed E-state index contributed by atoms with van der Waals surface area (Å²) in [6, 6.07) is 4.33. The second-order valence-corrected chi connectivity index (χ2v) is 4.98. The molecule has 1 unspecified atom stereocenters. The van der Waals surface area contributed by atoms with E-state index in [2.05, 4.69) is 35.9 Å². The van der Waals surface area contributed by atoms with Gasteiger partial charge in [-0.3, -0.25) is 0 Å². The molecule has 1 N–H and O–H groups in total. The normalized spacial score (nSPS) is 20.2. The third-order valence-corrected chi connectivity index (χ3v) is 3.59. The van der Waals surface area contributed by atoms with Crippen LogP contribution in [0.4, 0.5) is 0 Å². The van der Waals surface area contributed by atoms with Gasteiger partial charge in [-0.05, 0) is 49.9 Å². The summed E-state index contributed by atoms with van der Waals surface area (Å²) in [7, 11) is 0. The van der Waals surface area contributed by atoms with Gasteiger partial charge in [0.2, 0.25) is 0 Å². The first kappa shape index (κ1) is 10.8. The van der Waals surface area contributed by atoms with Crippen molar-refractivity contribution in [1.82, 2.24) is 9.97 Å². The molecule has 1 aromatic heterocycles. The van der Waals surface area contributed by atoms with Crippen LogP contribution in [-0.2, 0) is 11.2 Å². The maximum absolute atomic E-state index is 5.64. The van der Waals surface area contributed by atoms with Crippen LogP contribution in [0.5, 0.6) is 0 Å². The maximum Gasteiger partial charge on any atom is 0.109 e. The molecule has 0 aliphatic carbocycles. The lowest BCUT2D eigenvalue weighted by molar-refractivity contribution is 0.110. The fourth-order valence-corrected chi connectivity index (χ4v) is 2.44. The largest absolute Gasteiger partial charge is 0.378 e. The van der Waals surface area contributed by atoms with E-state index in [1.165, 1.54) is 17.5 Å². The lowest BCUT2D eigenvalue weighted by Gasteiger charge is -2.05. The second kappa shape index (κ2) is 4.15. The van der Waals surface area contributed by atoms with E-state index in [-0.39, 0.29) is 0 Å². The number of aromatic amines is 1. The molecule has 3 heteroatoms. The molecular formula is C14H18N2O. The Hall–Kier alpha value is -1.35. The van der Waals surface area contributed by atoms with Gasteiger partial charge in [0.1, 0.15) is 5.82 Å². The van der Waals surface area contributed by atoms with Crippen LogP contribution in [0.25, 0.3) is 11.0 Å². The third-order valence-electron chi connectivity index (χ3n) is 3.59. The smallest absolute Gasteiger partial charge is 0.109 e. The Kier molecular flexibility index (Phi) is 2.63. The van der Waals surface area contributed by atoms with Gasteiger partial charge in [0.05, 0.1) is 17.1 Å². The van der Waals surface area contributed by atoms with Crippen LogP contribution in [0.15, 0.2) is 12.1 Å². The number of aromatic nitrogens is 2. The van der Waals surface area contributed by atoms with Gasteiger partial charge in [-0.25, -0.2) is 4.98 Å². The molecule has 1 fully saturated rings. The fraction of sp³-hybridized carbons (Fsp3) is 0.500. The van der Waals surface area contributed by atoms with Crippen LogP contribution < -0.4 is 0 Å². The van der Waals surface area contributed by atoms with E-state index in [1.54, 1.807) is 0 Å². The monoisotopic (exact) mass is 230 g/mol. The fourth-order valence-electron chi connectivity index (χ4n) is 2.44. The van der Waals surface area contributed by atoms with Crippen molar-refractivity contribution in [2.24, 2.45) is 0 Å². The number of nitrogens with one attached hydrogen (secondary N) is 1. The number of ether oxygens (including phenoxy) is 1. The summed E-state index contributed by atoms with van der Waals surface area (Å²) in [6.07, 6.45) is 3.61.